The summed E-state index contributed by atoms with van der Waals surface area (Å²) in [7, 11) is 0. The summed E-state index contributed by atoms with van der Waals surface area (Å²) in [5.74, 6) is -0.810. The first kappa shape index (κ1) is 12.6. The van der Waals surface area contributed by atoms with Crippen molar-refractivity contribution < 1.29 is 10.1 Å². The Balaban J connectivity index is 2.17. The largest absolute Gasteiger partial charge is 0.408 e. The lowest BCUT2D eigenvalue weighted by Gasteiger charge is -1.94. The van der Waals surface area contributed by atoms with Gasteiger partial charge in [-0.2, -0.15) is 0 Å². The molecule has 0 unspecified atom stereocenters. The van der Waals surface area contributed by atoms with Crippen molar-refractivity contribution in [3.63, 3.8) is 0 Å². The van der Waals surface area contributed by atoms with Gasteiger partial charge in [-0.05, 0) is 11.1 Å². The van der Waals surface area contributed by atoms with Crippen molar-refractivity contribution in [1.29, 1.82) is 0 Å². The normalized spacial score (nSPS) is 10.6. The van der Waals surface area contributed by atoms with E-state index in [9.17, 15) is 20.2 Å². The monoisotopic (exact) mass is 286 g/mol. The molecule has 2 rings (SSSR count). The number of tetrazole rings is 2. The maximum atomic E-state index is 10.2. The van der Waals surface area contributed by atoms with Crippen molar-refractivity contribution in [2.45, 2.75) is 0 Å². The van der Waals surface area contributed by atoms with E-state index in [0.717, 1.165) is 0 Å². The van der Waals surface area contributed by atoms with E-state index in [1.165, 1.54) is 0 Å². The SMILES string of the molecule is O=[N+]([O-])Nn1nnnc1N=Nc1nnnn1N[N+](=O)[O-]. The van der Waals surface area contributed by atoms with Gasteiger partial charge in [-0.15, -0.1) is 0 Å². The number of hydrogen-bond acceptors (Lipinski definition) is 12. The van der Waals surface area contributed by atoms with Gasteiger partial charge in [0, 0.05) is 20.0 Å². The van der Waals surface area contributed by atoms with Crippen LogP contribution in [0.15, 0.2) is 10.2 Å². The molecule has 18 heteroatoms. The first-order valence-electron chi connectivity index (χ1n) is 4.37. The second kappa shape index (κ2) is 5.19. The number of nitro groups is 2. The Labute approximate surface area is 105 Å². The number of nitrogens with zero attached hydrogens (tertiary/aromatic N) is 12. The Hall–Kier alpha value is -3.86. The van der Waals surface area contributed by atoms with Gasteiger partial charge in [0.25, 0.3) is 0 Å². The minimum Gasteiger partial charge on any atom is -0.339 e. The lowest BCUT2D eigenvalue weighted by molar-refractivity contribution is -0.463. The zero-order chi connectivity index (χ0) is 14.5. The molecular formula is C2H2N14O4. The van der Waals surface area contributed by atoms with E-state index in [1.807, 2.05) is 0 Å². The molecule has 0 saturated carbocycles. The van der Waals surface area contributed by atoms with Crippen molar-refractivity contribution in [2.24, 2.45) is 10.2 Å². The molecule has 0 amide bonds. The van der Waals surface area contributed by atoms with Gasteiger partial charge in [0.15, 0.2) is 0 Å². The second-order valence-electron chi connectivity index (χ2n) is 2.70. The van der Waals surface area contributed by atoms with E-state index >= 15 is 0 Å². The molecule has 0 fully saturated rings. The van der Waals surface area contributed by atoms with Gasteiger partial charge in [-0.1, -0.05) is 20.4 Å². The van der Waals surface area contributed by atoms with Crippen LogP contribution in [0.25, 0.3) is 0 Å². The molecule has 2 N–H and O–H groups in total. The first-order chi connectivity index (χ1) is 9.56. The third-order valence-electron chi connectivity index (χ3n) is 1.49. The van der Waals surface area contributed by atoms with Crippen molar-refractivity contribution in [3.05, 3.63) is 20.2 Å². The average Bonchev–Trinajstić information content (AvgIpc) is 2.95. The lowest BCUT2D eigenvalue weighted by atomic mass is 11.0. The predicted molar refractivity (Wildman–Crippen MR) is 52.5 cm³/mol. The Morgan fingerprint density at radius 3 is 1.65 bits per heavy atom. The fourth-order valence-electron chi connectivity index (χ4n) is 0.863. The van der Waals surface area contributed by atoms with Gasteiger partial charge in [-0.25, -0.2) is 0 Å². The summed E-state index contributed by atoms with van der Waals surface area (Å²) in [6, 6.07) is 0. The lowest BCUT2D eigenvalue weighted by Crippen LogP contribution is -2.22. The molecule has 0 aliphatic carbocycles. The number of nitrogens with one attached hydrogen (secondary N) is 2. The highest BCUT2D eigenvalue weighted by Gasteiger charge is 2.16. The molecule has 0 bridgehead atoms. The fourth-order valence-corrected chi connectivity index (χ4v) is 0.863. The number of azo groups is 1. The van der Waals surface area contributed by atoms with Crippen LogP contribution in [0, 0.1) is 20.2 Å². The zero-order valence-corrected chi connectivity index (χ0v) is 9.00. The molecular weight excluding hydrogens is 284 g/mol. The summed E-state index contributed by atoms with van der Waals surface area (Å²) < 4.78 is 0. The van der Waals surface area contributed by atoms with Crippen molar-refractivity contribution in [3.8, 4) is 0 Å². The highest BCUT2D eigenvalue weighted by molar-refractivity contribution is 5.15. The molecule has 20 heavy (non-hydrogen) atoms. The van der Waals surface area contributed by atoms with Crippen LogP contribution in [-0.4, -0.2) is 50.7 Å². The minimum absolute atomic E-state index is 0.405. The van der Waals surface area contributed by atoms with E-state index in [2.05, 4.69) is 41.3 Å². The van der Waals surface area contributed by atoms with Gasteiger partial charge in [0.05, 0.1) is 20.5 Å². The zero-order valence-electron chi connectivity index (χ0n) is 9.00. The van der Waals surface area contributed by atoms with E-state index in [0.29, 0.717) is 9.58 Å². The van der Waals surface area contributed by atoms with Crippen molar-refractivity contribution >= 4 is 11.9 Å². The summed E-state index contributed by atoms with van der Waals surface area (Å²) >= 11 is 0. The minimum atomic E-state index is -0.937. The molecule has 2 heterocycles. The molecule has 0 atom stereocenters. The number of hydrazine groups is 2. The Morgan fingerprint density at radius 1 is 0.900 bits per heavy atom. The van der Waals surface area contributed by atoms with Crippen LogP contribution in [0.1, 0.15) is 0 Å². The Bertz CT molecular complexity index is 595. The summed E-state index contributed by atoms with van der Waals surface area (Å²) in [5.41, 5.74) is 3.19. The molecule has 0 aliphatic heterocycles. The van der Waals surface area contributed by atoms with Crippen molar-refractivity contribution in [1.82, 2.24) is 40.6 Å². The third-order valence-corrected chi connectivity index (χ3v) is 1.49. The molecule has 0 radical (unpaired) electrons. The first-order valence-corrected chi connectivity index (χ1v) is 4.37. The summed E-state index contributed by atoms with van der Waals surface area (Å²) in [6.45, 7) is 0. The quantitative estimate of drug-likeness (QED) is 0.320. The van der Waals surface area contributed by atoms with E-state index in [4.69, 9.17) is 0 Å². The van der Waals surface area contributed by atoms with E-state index in [-0.39, 0.29) is 0 Å². The van der Waals surface area contributed by atoms with Crippen LogP contribution >= 0.6 is 0 Å². The maximum absolute atomic E-state index is 10.2. The predicted octanol–water partition coefficient (Wildman–Crippen LogP) is -2.45. The molecule has 0 saturated heterocycles. The summed E-state index contributed by atoms with van der Waals surface area (Å²) in [4.78, 5) is 21.4. The van der Waals surface area contributed by atoms with E-state index in [1.54, 1.807) is 11.1 Å². The van der Waals surface area contributed by atoms with Gasteiger partial charge in [0.1, 0.15) is 0 Å². The second-order valence-corrected chi connectivity index (χ2v) is 2.70. The number of hydrogen-bond donors (Lipinski definition) is 2. The standard InChI is InChI=1S/C2H2N14O4/c17-15(18)11-13-1(5-7-9-13)3-4-2-6-8-10-14(2)12-16(19)20/h11-12H. The van der Waals surface area contributed by atoms with Gasteiger partial charge >= 0.3 is 11.9 Å². The van der Waals surface area contributed by atoms with Gasteiger partial charge in [-0.3, -0.25) is 0 Å². The number of aromatic nitrogens is 8. The van der Waals surface area contributed by atoms with Crippen LogP contribution in [0.3, 0.4) is 0 Å². The molecule has 104 valence electrons. The van der Waals surface area contributed by atoms with Gasteiger partial charge in [0.2, 0.25) is 0 Å². The third kappa shape index (κ3) is 2.88. The van der Waals surface area contributed by atoms with Crippen LogP contribution in [0.2, 0.25) is 0 Å². The topological polar surface area (TPSA) is 222 Å². The van der Waals surface area contributed by atoms with Crippen LogP contribution in [0.4, 0.5) is 11.9 Å². The Morgan fingerprint density at radius 2 is 1.30 bits per heavy atom. The van der Waals surface area contributed by atoms with Crippen molar-refractivity contribution in [2.75, 3.05) is 11.1 Å². The fraction of sp³-hybridized carbons (Fsp3) is 0. The molecule has 0 spiro atoms. The molecule has 0 aliphatic rings. The highest BCUT2D eigenvalue weighted by atomic mass is 16.7. The van der Waals surface area contributed by atoms with Crippen LogP contribution in [0.5, 0.6) is 0 Å². The highest BCUT2D eigenvalue weighted by Crippen LogP contribution is 2.09. The smallest absolute Gasteiger partial charge is 0.339 e. The Kier molecular flexibility index (Phi) is 3.27. The summed E-state index contributed by atoms with van der Waals surface area (Å²) in [5, 5.41) is 44.5. The molecule has 2 aromatic rings. The molecule has 2 aromatic heterocycles. The number of rotatable bonds is 6. The molecule has 0 aromatic carbocycles. The average molecular weight is 286 g/mol. The maximum Gasteiger partial charge on any atom is 0.408 e. The van der Waals surface area contributed by atoms with Crippen LogP contribution < -0.4 is 11.1 Å². The molecule has 18 nitrogen and oxygen atoms in total. The van der Waals surface area contributed by atoms with E-state index < -0.39 is 22.0 Å². The summed E-state index contributed by atoms with van der Waals surface area (Å²) in [6.07, 6.45) is 0. The van der Waals surface area contributed by atoms with Gasteiger partial charge < -0.3 is 20.2 Å². The van der Waals surface area contributed by atoms with Crippen LogP contribution in [-0.2, 0) is 0 Å².